The van der Waals surface area contributed by atoms with Crippen LogP contribution in [0, 0.1) is 5.92 Å². The van der Waals surface area contributed by atoms with Crippen LogP contribution in [-0.4, -0.2) is 52.3 Å². The van der Waals surface area contributed by atoms with Crippen LogP contribution in [0.25, 0.3) is 0 Å². The lowest BCUT2D eigenvalue weighted by molar-refractivity contribution is -0.120. The number of amides is 1. The quantitative estimate of drug-likeness (QED) is 0.334. The molecule has 7 nitrogen and oxygen atoms in total. The number of guanidine groups is 1. The van der Waals surface area contributed by atoms with Crippen molar-refractivity contribution < 1.29 is 14.3 Å². The maximum atomic E-state index is 11.7. The van der Waals surface area contributed by atoms with Gasteiger partial charge in [-0.05, 0) is 30.5 Å². The summed E-state index contributed by atoms with van der Waals surface area (Å²) in [5.41, 5.74) is 1.11. The minimum Gasteiger partial charge on any atom is -0.493 e. The van der Waals surface area contributed by atoms with Crippen LogP contribution in [0.4, 0.5) is 0 Å². The van der Waals surface area contributed by atoms with Gasteiger partial charge in [-0.15, -0.1) is 0 Å². The summed E-state index contributed by atoms with van der Waals surface area (Å²) in [4.78, 5) is 15.9. The third kappa shape index (κ3) is 8.71. The third-order valence-electron chi connectivity index (χ3n) is 3.59. The fourth-order valence-electron chi connectivity index (χ4n) is 2.12. The largest absolute Gasteiger partial charge is 0.493 e. The molecule has 0 saturated heterocycles. The monoisotopic (exact) mass is 364 g/mol. The lowest BCUT2D eigenvalue weighted by Crippen LogP contribution is -2.44. The molecule has 0 aliphatic heterocycles. The van der Waals surface area contributed by atoms with Gasteiger partial charge in [0.25, 0.3) is 0 Å². The van der Waals surface area contributed by atoms with Gasteiger partial charge in [0.1, 0.15) is 5.75 Å². The van der Waals surface area contributed by atoms with Gasteiger partial charge in [0.2, 0.25) is 5.91 Å². The van der Waals surface area contributed by atoms with E-state index in [0.717, 1.165) is 11.3 Å². The molecule has 1 aromatic rings. The normalized spacial score (nSPS) is 12.6. The zero-order valence-electron chi connectivity index (χ0n) is 16.5. The van der Waals surface area contributed by atoms with Crippen LogP contribution < -0.4 is 20.7 Å². The van der Waals surface area contributed by atoms with Gasteiger partial charge in [-0.25, -0.2) is 0 Å². The third-order valence-corrected chi connectivity index (χ3v) is 3.59. The second-order valence-corrected chi connectivity index (χ2v) is 6.41. The maximum Gasteiger partial charge on any atom is 0.239 e. The molecule has 0 aliphatic carbocycles. The Hall–Kier alpha value is -2.28. The van der Waals surface area contributed by atoms with E-state index < -0.39 is 0 Å². The molecule has 0 radical (unpaired) electrons. The molecule has 0 spiro atoms. The second-order valence-electron chi connectivity index (χ2n) is 6.41. The summed E-state index contributed by atoms with van der Waals surface area (Å²) in [6, 6.07) is 8.03. The first-order valence-corrected chi connectivity index (χ1v) is 8.91. The van der Waals surface area contributed by atoms with Gasteiger partial charge in [0, 0.05) is 20.7 Å². The topological polar surface area (TPSA) is 84.0 Å². The van der Waals surface area contributed by atoms with E-state index >= 15 is 0 Å². The Balaban J connectivity index is 2.45. The van der Waals surface area contributed by atoms with Crippen molar-refractivity contribution in [2.24, 2.45) is 10.9 Å². The second kappa shape index (κ2) is 12.1. The summed E-state index contributed by atoms with van der Waals surface area (Å²) in [7, 11) is 3.27. The molecule has 3 N–H and O–H groups in total. The molecule has 1 aromatic carbocycles. The van der Waals surface area contributed by atoms with Gasteiger partial charge in [-0.3, -0.25) is 9.79 Å². The summed E-state index contributed by atoms with van der Waals surface area (Å²) >= 11 is 0. The number of nitrogens with one attached hydrogen (secondary N) is 3. The van der Waals surface area contributed by atoms with Crippen LogP contribution in [0.2, 0.25) is 0 Å². The van der Waals surface area contributed by atoms with Crippen molar-refractivity contribution in [1.82, 2.24) is 16.0 Å². The van der Waals surface area contributed by atoms with Crippen LogP contribution in [0.5, 0.6) is 5.75 Å². The van der Waals surface area contributed by atoms with E-state index in [2.05, 4.69) is 34.8 Å². The van der Waals surface area contributed by atoms with E-state index in [-0.39, 0.29) is 18.5 Å². The molecular formula is C19H32N4O3. The molecule has 1 atom stereocenters. The van der Waals surface area contributed by atoms with E-state index in [1.165, 1.54) is 0 Å². The molecule has 0 bridgehead atoms. The van der Waals surface area contributed by atoms with Crippen molar-refractivity contribution in [2.45, 2.75) is 26.8 Å². The summed E-state index contributed by atoms with van der Waals surface area (Å²) in [6.45, 7) is 8.12. The average molecular weight is 364 g/mol. The average Bonchev–Trinajstić information content (AvgIpc) is 2.63. The van der Waals surface area contributed by atoms with Crippen LogP contribution in [0.15, 0.2) is 29.3 Å². The summed E-state index contributed by atoms with van der Waals surface area (Å²) in [5, 5.41) is 9.02. The minimum atomic E-state index is -0.107. The minimum absolute atomic E-state index is 0.0388. The van der Waals surface area contributed by atoms with Crippen LogP contribution in [-0.2, 0) is 9.53 Å². The number of hydrogen-bond donors (Lipinski definition) is 3. The Morgan fingerprint density at radius 2 is 1.85 bits per heavy atom. The number of carbonyl (C=O) groups is 1. The number of hydrogen-bond acceptors (Lipinski definition) is 4. The fourth-order valence-corrected chi connectivity index (χ4v) is 2.12. The van der Waals surface area contributed by atoms with Gasteiger partial charge in [0.05, 0.1) is 25.8 Å². The highest BCUT2D eigenvalue weighted by atomic mass is 16.5. The van der Waals surface area contributed by atoms with Crippen molar-refractivity contribution in [1.29, 1.82) is 0 Å². The first-order valence-electron chi connectivity index (χ1n) is 8.91. The number of methoxy groups -OCH3 is 1. The highest BCUT2D eigenvalue weighted by Gasteiger charge is 2.09. The van der Waals surface area contributed by atoms with Gasteiger partial charge in [0.15, 0.2) is 5.96 Å². The molecule has 0 fully saturated rings. The Labute approximate surface area is 156 Å². The number of benzene rings is 1. The van der Waals surface area contributed by atoms with E-state index in [0.29, 0.717) is 31.6 Å². The zero-order valence-corrected chi connectivity index (χ0v) is 16.5. The van der Waals surface area contributed by atoms with E-state index in [9.17, 15) is 4.79 Å². The molecule has 1 unspecified atom stereocenters. The molecule has 0 heterocycles. The molecule has 0 aromatic heterocycles. The van der Waals surface area contributed by atoms with Crippen molar-refractivity contribution in [3.05, 3.63) is 29.8 Å². The molecule has 1 rings (SSSR count). The predicted octanol–water partition coefficient (Wildman–Crippen LogP) is 1.71. The predicted molar refractivity (Wildman–Crippen MR) is 105 cm³/mol. The van der Waals surface area contributed by atoms with Gasteiger partial charge in [-0.1, -0.05) is 26.0 Å². The van der Waals surface area contributed by atoms with Crippen molar-refractivity contribution in [2.75, 3.05) is 40.5 Å². The Morgan fingerprint density at radius 3 is 2.42 bits per heavy atom. The molecule has 7 heteroatoms. The van der Waals surface area contributed by atoms with E-state index in [4.69, 9.17) is 9.47 Å². The smallest absolute Gasteiger partial charge is 0.239 e. The Bertz CT molecular complexity index is 558. The van der Waals surface area contributed by atoms with E-state index in [1.54, 1.807) is 14.2 Å². The van der Waals surface area contributed by atoms with Crippen LogP contribution in [0.3, 0.4) is 0 Å². The molecule has 1 amide bonds. The number of nitrogens with zero attached hydrogens (tertiary/aromatic N) is 1. The lowest BCUT2D eigenvalue weighted by Gasteiger charge is -2.18. The fraction of sp³-hybridized carbons (Fsp3) is 0.579. The Morgan fingerprint density at radius 1 is 1.15 bits per heavy atom. The number of aliphatic imine (C=N–C) groups is 1. The van der Waals surface area contributed by atoms with E-state index in [1.807, 2.05) is 31.2 Å². The van der Waals surface area contributed by atoms with Crippen molar-refractivity contribution in [3.8, 4) is 5.75 Å². The van der Waals surface area contributed by atoms with Crippen molar-refractivity contribution >= 4 is 11.9 Å². The van der Waals surface area contributed by atoms with Gasteiger partial charge in [-0.2, -0.15) is 0 Å². The van der Waals surface area contributed by atoms with Crippen LogP contribution >= 0.6 is 0 Å². The molecule has 0 aliphatic rings. The summed E-state index contributed by atoms with van der Waals surface area (Å²) in [6.07, 6.45) is 0. The standard InChI is InChI=1S/C19H32N4O3/c1-14(2)13-26-17-8-6-16(7-9-17)15(3)23-19(20-4)22-12-18(24)21-10-11-25-5/h6-9,14-15H,10-13H2,1-5H3,(H,21,24)(H2,20,22,23). The SMILES string of the molecule is CN=C(NCC(=O)NCCOC)NC(C)c1ccc(OCC(C)C)cc1. The molecule has 146 valence electrons. The highest BCUT2D eigenvalue weighted by Crippen LogP contribution is 2.18. The highest BCUT2D eigenvalue weighted by molar-refractivity contribution is 5.86. The maximum absolute atomic E-state index is 11.7. The zero-order chi connectivity index (χ0) is 19.4. The summed E-state index contributed by atoms with van der Waals surface area (Å²) < 4.78 is 10.6. The molecule has 0 saturated carbocycles. The van der Waals surface area contributed by atoms with Crippen molar-refractivity contribution in [3.63, 3.8) is 0 Å². The number of rotatable bonds is 10. The van der Waals surface area contributed by atoms with Crippen LogP contribution in [0.1, 0.15) is 32.4 Å². The Kier molecular flexibility index (Phi) is 10.2. The van der Waals surface area contributed by atoms with Gasteiger partial charge < -0.3 is 25.4 Å². The summed E-state index contributed by atoms with van der Waals surface area (Å²) in [5.74, 6) is 1.82. The first-order chi connectivity index (χ1) is 12.5. The lowest BCUT2D eigenvalue weighted by atomic mass is 10.1. The first kappa shape index (κ1) is 21.8. The molecule has 26 heavy (non-hydrogen) atoms. The number of carbonyl (C=O) groups excluding carboxylic acids is 1. The van der Waals surface area contributed by atoms with Gasteiger partial charge >= 0.3 is 0 Å². The molecular weight excluding hydrogens is 332 g/mol. The number of ether oxygens (including phenoxy) is 2.